The third kappa shape index (κ3) is 2.98. The summed E-state index contributed by atoms with van der Waals surface area (Å²) in [4.78, 5) is 22.6. The van der Waals surface area contributed by atoms with Crippen molar-refractivity contribution in [3.8, 4) is 11.4 Å². The van der Waals surface area contributed by atoms with E-state index in [4.69, 9.17) is 4.98 Å². The van der Waals surface area contributed by atoms with Crippen molar-refractivity contribution in [3.63, 3.8) is 0 Å². The number of aryl methyl sites for hydroxylation is 2. The van der Waals surface area contributed by atoms with E-state index in [9.17, 15) is 4.79 Å². The second-order valence-electron chi connectivity index (χ2n) is 9.23. The number of imidazole rings is 1. The first-order chi connectivity index (χ1) is 15.0. The van der Waals surface area contributed by atoms with Gasteiger partial charge in [0.1, 0.15) is 5.69 Å². The summed E-state index contributed by atoms with van der Waals surface area (Å²) in [5.74, 6) is 0. The van der Waals surface area contributed by atoms with Crippen LogP contribution in [0.25, 0.3) is 27.9 Å². The van der Waals surface area contributed by atoms with Gasteiger partial charge in [0.2, 0.25) is 0 Å². The van der Waals surface area contributed by atoms with E-state index < -0.39 is 0 Å². The minimum atomic E-state index is 0.0581. The van der Waals surface area contributed by atoms with Crippen molar-refractivity contribution < 1.29 is 0 Å². The van der Waals surface area contributed by atoms with E-state index in [0.717, 1.165) is 47.7 Å². The van der Waals surface area contributed by atoms with Gasteiger partial charge >= 0.3 is 0 Å². The Morgan fingerprint density at radius 2 is 2.00 bits per heavy atom. The van der Waals surface area contributed by atoms with Crippen LogP contribution in [0, 0.1) is 13.8 Å². The Morgan fingerprint density at radius 1 is 1.13 bits per heavy atom. The highest BCUT2D eigenvalue weighted by molar-refractivity contribution is 5.80. The number of aromatic nitrogens is 5. The number of piperidine rings is 1. The number of fused-ring (bicyclic) bond motifs is 2. The van der Waals surface area contributed by atoms with Crippen molar-refractivity contribution in [1.82, 2.24) is 29.5 Å². The molecule has 2 fully saturated rings. The summed E-state index contributed by atoms with van der Waals surface area (Å²) in [6, 6.07) is 8.04. The molecule has 6 rings (SSSR count). The standard InChI is InChI=1S/C24H26N6O/c1-15-12-21(28-30-14-16(2)26-22(15)30)20-5-4-18-19(27-20)7-11-29(23(18)31)17-6-10-25-24(13-17)8-3-9-24/h4-5,7,11-12,14,17,25H,3,6,8-10,13H2,1-2H3/t17-/m1/s1. The van der Waals surface area contributed by atoms with Crippen LogP contribution in [0.3, 0.4) is 0 Å². The number of nitrogens with zero attached hydrogens (tertiary/aromatic N) is 5. The first-order valence-electron chi connectivity index (χ1n) is 11.1. The molecule has 1 aliphatic carbocycles. The molecule has 4 aromatic heterocycles. The quantitative estimate of drug-likeness (QED) is 0.543. The maximum Gasteiger partial charge on any atom is 0.260 e. The van der Waals surface area contributed by atoms with Crippen molar-refractivity contribution >= 4 is 16.6 Å². The van der Waals surface area contributed by atoms with Crippen LogP contribution in [0.1, 0.15) is 49.4 Å². The summed E-state index contributed by atoms with van der Waals surface area (Å²) in [6.45, 7) is 4.97. The zero-order valence-electron chi connectivity index (χ0n) is 17.9. The molecular formula is C24H26N6O. The Morgan fingerprint density at radius 3 is 2.81 bits per heavy atom. The Hall–Kier alpha value is -3.06. The summed E-state index contributed by atoms with van der Waals surface area (Å²) in [5, 5.41) is 9.04. The van der Waals surface area contributed by atoms with Gasteiger partial charge in [-0.25, -0.2) is 14.5 Å². The predicted octanol–water partition coefficient (Wildman–Crippen LogP) is 3.57. The molecule has 0 bridgehead atoms. The van der Waals surface area contributed by atoms with Gasteiger partial charge in [-0.15, -0.1) is 0 Å². The van der Waals surface area contributed by atoms with E-state index in [-0.39, 0.29) is 17.1 Å². The number of rotatable bonds is 2. The lowest BCUT2D eigenvalue weighted by atomic mass is 9.70. The molecule has 1 spiro atoms. The van der Waals surface area contributed by atoms with Crippen LogP contribution >= 0.6 is 0 Å². The van der Waals surface area contributed by atoms with Crippen LogP contribution in [-0.4, -0.2) is 36.2 Å². The zero-order valence-corrected chi connectivity index (χ0v) is 17.9. The second kappa shape index (κ2) is 6.72. The SMILES string of the molecule is Cc1cn2nc(-c3ccc4c(=O)n([C@@H]5CCNC6(CCC6)C5)ccc4n3)cc(C)c2n1. The highest BCUT2D eigenvalue weighted by Gasteiger charge is 2.41. The molecule has 2 aliphatic rings. The molecule has 0 radical (unpaired) electrons. The summed E-state index contributed by atoms with van der Waals surface area (Å²) >= 11 is 0. The molecule has 7 heteroatoms. The maximum absolute atomic E-state index is 13.3. The lowest BCUT2D eigenvalue weighted by molar-refractivity contribution is 0.109. The fraction of sp³-hybridized carbons (Fsp3) is 0.417. The number of nitrogens with one attached hydrogen (secondary N) is 1. The molecule has 158 valence electrons. The van der Waals surface area contributed by atoms with Gasteiger partial charge in [0.15, 0.2) is 5.65 Å². The molecule has 0 unspecified atom stereocenters. The summed E-state index contributed by atoms with van der Waals surface area (Å²) in [5.41, 5.74) is 5.40. The maximum atomic E-state index is 13.3. The number of hydrogen-bond acceptors (Lipinski definition) is 5. The monoisotopic (exact) mass is 414 g/mol. The summed E-state index contributed by atoms with van der Waals surface area (Å²) < 4.78 is 3.74. The smallest absolute Gasteiger partial charge is 0.260 e. The van der Waals surface area contributed by atoms with Gasteiger partial charge < -0.3 is 9.88 Å². The minimum absolute atomic E-state index is 0.0581. The fourth-order valence-corrected chi connectivity index (χ4v) is 5.29. The third-order valence-electron chi connectivity index (χ3n) is 7.08. The topological polar surface area (TPSA) is 77.1 Å². The normalized spacial score (nSPS) is 20.4. The molecule has 1 aliphatic heterocycles. The number of hydrogen-bond donors (Lipinski definition) is 1. The van der Waals surface area contributed by atoms with E-state index in [1.54, 1.807) is 4.52 Å². The van der Waals surface area contributed by atoms with Crippen LogP contribution in [0.4, 0.5) is 0 Å². The zero-order chi connectivity index (χ0) is 21.2. The van der Waals surface area contributed by atoms with E-state index in [1.165, 1.54) is 19.3 Å². The van der Waals surface area contributed by atoms with Crippen molar-refractivity contribution in [3.05, 3.63) is 58.3 Å². The molecule has 4 aromatic rings. The molecule has 31 heavy (non-hydrogen) atoms. The molecular weight excluding hydrogens is 388 g/mol. The molecule has 0 aromatic carbocycles. The van der Waals surface area contributed by atoms with Crippen molar-refractivity contribution in [1.29, 1.82) is 0 Å². The second-order valence-corrected chi connectivity index (χ2v) is 9.23. The average molecular weight is 415 g/mol. The van der Waals surface area contributed by atoms with Crippen LogP contribution < -0.4 is 10.9 Å². The molecule has 7 nitrogen and oxygen atoms in total. The Kier molecular flexibility index (Phi) is 4.05. The average Bonchev–Trinajstić information content (AvgIpc) is 3.13. The van der Waals surface area contributed by atoms with Crippen LogP contribution in [0.15, 0.2) is 41.5 Å². The first-order valence-corrected chi connectivity index (χ1v) is 11.1. The lowest BCUT2D eigenvalue weighted by Crippen LogP contribution is -2.56. The van der Waals surface area contributed by atoms with Crippen molar-refractivity contribution in [2.24, 2.45) is 0 Å². The molecule has 1 atom stereocenters. The van der Waals surface area contributed by atoms with Gasteiger partial charge in [-0.05, 0) is 82.3 Å². The molecule has 1 saturated heterocycles. The Balaban J connectivity index is 1.39. The molecule has 1 N–H and O–H groups in total. The van der Waals surface area contributed by atoms with Gasteiger partial charge in [-0.1, -0.05) is 0 Å². The van der Waals surface area contributed by atoms with Gasteiger partial charge in [0.05, 0.1) is 28.5 Å². The molecule has 0 amide bonds. The van der Waals surface area contributed by atoms with Crippen LogP contribution in [0.5, 0.6) is 0 Å². The van der Waals surface area contributed by atoms with Crippen LogP contribution in [0.2, 0.25) is 0 Å². The predicted molar refractivity (Wildman–Crippen MR) is 120 cm³/mol. The highest BCUT2D eigenvalue weighted by Crippen LogP contribution is 2.41. The van der Waals surface area contributed by atoms with E-state index in [1.807, 2.05) is 55.1 Å². The van der Waals surface area contributed by atoms with Crippen molar-refractivity contribution in [2.45, 2.75) is 57.5 Å². The Labute approximate surface area is 180 Å². The van der Waals surface area contributed by atoms with Gasteiger partial charge in [0.25, 0.3) is 5.56 Å². The molecule has 1 saturated carbocycles. The Bertz CT molecular complexity index is 1380. The van der Waals surface area contributed by atoms with E-state index in [2.05, 4.69) is 15.4 Å². The van der Waals surface area contributed by atoms with Gasteiger partial charge in [-0.2, -0.15) is 5.10 Å². The van der Waals surface area contributed by atoms with Crippen LogP contribution in [-0.2, 0) is 0 Å². The number of pyridine rings is 2. The first kappa shape index (κ1) is 18.7. The molecule has 5 heterocycles. The lowest BCUT2D eigenvalue weighted by Gasteiger charge is -2.48. The summed E-state index contributed by atoms with van der Waals surface area (Å²) in [6.07, 6.45) is 9.62. The van der Waals surface area contributed by atoms with Crippen molar-refractivity contribution in [2.75, 3.05) is 6.54 Å². The van der Waals surface area contributed by atoms with E-state index >= 15 is 0 Å². The van der Waals surface area contributed by atoms with E-state index in [0.29, 0.717) is 10.9 Å². The fourth-order valence-electron chi connectivity index (χ4n) is 5.29. The van der Waals surface area contributed by atoms with Gasteiger partial charge in [0, 0.05) is 17.8 Å². The summed E-state index contributed by atoms with van der Waals surface area (Å²) in [7, 11) is 0. The third-order valence-corrected chi connectivity index (χ3v) is 7.08. The van der Waals surface area contributed by atoms with Gasteiger partial charge in [-0.3, -0.25) is 4.79 Å². The largest absolute Gasteiger partial charge is 0.312 e. The minimum Gasteiger partial charge on any atom is -0.312 e. The highest BCUT2D eigenvalue weighted by atomic mass is 16.1.